The molecule has 1 N–H and O–H groups in total. The third kappa shape index (κ3) is 4.31. The number of carbonyl (C=O) groups excluding carboxylic acids is 1. The third-order valence-electron chi connectivity index (χ3n) is 5.43. The van der Waals surface area contributed by atoms with Gasteiger partial charge in [-0.15, -0.1) is 11.3 Å². The third-order valence-corrected chi connectivity index (χ3v) is 6.52. The topological polar surface area (TPSA) is 44.7 Å². The van der Waals surface area contributed by atoms with E-state index in [2.05, 4.69) is 29.6 Å². The van der Waals surface area contributed by atoms with Gasteiger partial charge in [0.1, 0.15) is 0 Å². The first-order chi connectivity index (χ1) is 15.7. The number of hydrogen-bond acceptors (Lipinski definition) is 3. The van der Waals surface area contributed by atoms with Crippen molar-refractivity contribution in [3.8, 4) is 11.1 Å². The minimum Gasteiger partial charge on any atom is -0.298 e. The normalized spacial score (nSPS) is 15.5. The van der Waals surface area contributed by atoms with E-state index in [1.165, 1.54) is 16.3 Å². The van der Waals surface area contributed by atoms with Crippen molar-refractivity contribution in [1.82, 2.24) is 5.01 Å². The average molecular weight is 458 g/mol. The van der Waals surface area contributed by atoms with Crippen LogP contribution in [0.5, 0.6) is 0 Å². The molecule has 1 aliphatic rings. The van der Waals surface area contributed by atoms with Crippen LogP contribution in [0.15, 0.2) is 101 Å². The zero-order valence-electron chi connectivity index (χ0n) is 17.1. The fraction of sp³-hybridized carbons (Fsp3) is 0.0769. The predicted molar refractivity (Wildman–Crippen MR) is 133 cm³/mol. The number of hydrazone groups is 1. The average Bonchev–Trinajstić information content (AvgIpc) is 3.49. The van der Waals surface area contributed by atoms with Gasteiger partial charge in [-0.3, -0.25) is 5.32 Å². The first-order valence-electron chi connectivity index (χ1n) is 10.3. The molecule has 32 heavy (non-hydrogen) atoms. The summed E-state index contributed by atoms with van der Waals surface area (Å²) in [6.45, 7) is 0.477. The lowest BCUT2D eigenvalue weighted by Gasteiger charge is -2.15. The number of rotatable bonds is 4. The van der Waals surface area contributed by atoms with Crippen LogP contribution in [0.25, 0.3) is 11.1 Å². The molecule has 1 atom stereocenters. The molecule has 4 nitrogen and oxygen atoms in total. The maximum atomic E-state index is 13.1. The van der Waals surface area contributed by atoms with Crippen LogP contribution in [0.1, 0.15) is 17.0 Å². The molecule has 5 rings (SSSR count). The zero-order chi connectivity index (χ0) is 21.9. The van der Waals surface area contributed by atoms with Gasteiger partial charge >= 0.3 is 6.03 Å². The van der Waals surface area contributed by atoms with Gasteiger partial charge in [0.25, 0.3) is 0 Å². The fourth-order valence-electron chi connectivity index (χ4n) is 3.81. The highest BCUT2D eigenvalue weighted by atomic mass is 35.5. The quantitative estimate of drug-likeness (QED) is 0.349. The lowest BCUT2D eigenvalue weighted by molar-refractivity contribution is 0.218. The van der Waals surface area contributed by atoms with Gasteiger partial charge in [0.2, 0.25) is 0 Å². The van der Waals surface area contributed by atoms with Crippen LogP contribution in [0, 0.1) is 0 Å². The summed E-state index contributed by atoms with van der Waals surface area (Å²) < 4.78 is 0. The van der Waals surface area contributed by atoms with Gasteiger partial charge in [0.15, 0.2) is 0 Å². The molecule has 1 aliphatic heterocycles. The van der Waals surface area contributed by atoms with Gasteiger partial charge in [-0.2, -0.15) is 5.10 Å². The minimum atomic E-state index is -0.239. The van der Waals surface area contributed by atoms with E-state index in [1.807, 2.05) is 72.1 Å². The smallest absolute Gasteiger partial charge is 0.298 e. The van der Waals surface area contributed by atoms with Gasteiger partial charge in [0.05, 0.1) is 17.3 Å². The van der Waals surface area contributed by atoms with Crippen LogP contribution in [0.4, 0.5) is 9.80 Å². The number of thiophene rings is 1. The molecule has 2 amide bonds. The van der Waals surface area contributed by atoms with Crippen LogP contribution in [-0.2, 0) is 0 Å². The number of benzene rings is 3. The van der Waals surface area contributed by atoms with Crippen LogP contribution >= 0.6 is 22.9 Å². The highest BCUT2D eigenvalue weighted by Crippen LogP contribution is 2.32. The van der Waals surface area contributed by atoms with Gasteiger partial charge in [0, 0.05) is 16.3 Å². The summed E-state index contributed by atoms with van der Waals surface area (Å²) in [5, 5.41) is 12.7. The number of halogens is 1. The van der Waals surface area contributed by atoms with E-state index in [4.69, 9.17) is 16.7 Å². The Kier molecular flexibility index (Phi) is 5.75. The van der Waals surface area contributed by atoms with Crippen molar-refractivity contribution in [3.05, 3.63) is 113 Å². The summed E-state index contributed by atoms with van der Waals surface area (Å²) in [6.07, 6.45) is 0. The van der Waals surface area contributed by atoms with Gasteiger partial charge in [-0.1, -0.05) is 84.4 Å². The zero-order valence-corrected chi connectivity index (χ0v) is 18.7. The molecule has 0 spiro atoms. The second-order valence-electron chi connectivity index (χ2n) is 7.53. The van der Waals surface area contributed by atoms with Crippen LogP contribution in [0.2, 0.25) is 5.02 Å². The summed E-state index contributed by atoms with van der Waals surface area (Å²) in [5.41, 5.74) is 5.15. The monoisotopic (exact) mass is 457 g/mol. The molecular formula is C26H20ClN3OS. The second-order valence-corrected chi connectivity index (χ2v) is 8.88. The molecule has 6 heteroatoms. The Labute approximate surface area is 195 Å². The molecule has 1 aromatic heterocycles. The number of hydrogen-bond donors (Lipinski definition) is 1. The first-order valence-corrected chi connectivity index (χ1v) is 11.5. The molecule has 0 radical (unpaired) electrons. The number of nitrogens with zero attached hydrogens (tertiary/aromatic N) is 2. The SMILES string of the molecule is O=C(Nc1cc(-c2ccccc2)cs1)N1CC(c2ccccc2)C(c2ccc(Cl)cc2)=N1. The van der Waals surface area contributed by atoms with E-state index in [9.17, 15) is 4.79 Å². The molecule has 0 saturated carbocycles. The number of urea groups is 1. The largest absolute Gasteiger partial charge is 0.342 e. The van der Waals surface area contributed by atoms with Crippen molar-refractivity contribution < 1.29 is 4.79 Å². The van der Waals surface area contributed by atoms with Crippen molar-refractivity contribution in [2.24, 2.45) is 5.10 Å². The van der Waals surface area contributed by atoms with E-state index >= 15 is 0 Å². The van der Waals surface area contributed by atoms with E-state index in [0.29, 0.717) is 11.6 Å². The van der Waals surface area contributed by atoms with Gasteiger partial charge in [-0.05, 0) is 40.5 Å². The summed E-state index contributed by atoms with van der Waals surface area (Å²) in [6, 6.07) is 29.6. The van der Waals surface area contributed by atoms with Crippen molar-refractivity contribution >= 4 is 39.7 Å². The molecule has 158 valence electrons. The number of carbonyl (C=O) groups is 1. The molecule has 0 aliphatic carbocycles. The molecule has 0 fully saturated rings. The van der Waals surface area contributed by atoms with E-state index in [0.717, 1.165) is 33.0 Å². The number of anilines is 1. The highest BCUT2D eigenvalue weighted by molar-refractivity contribution is 7.14. The first kappa shape index (κ1) is 20.5. The molecule has 0 saturated heterocycles. The molecular weight excluding hydrogens is 438 g/mol. The summed E-state index contributed by atoms with van der Waals surface area (Å²) in [5.74, 6) is -0.00802. The number of amides is 2. The Morgan fingerprint density at radius 1 is 0.906 bits per heavy atom. The molecule has 0 bridgehead atoms. The van der Waals surface area contributed by atoms with Crippen LogP contribution in [-0.4, -0.2) is 23.3 Å². The summed E-state index contributed by atoms with van der Waals surface area (Å²) in [4.78, 5) is 13.1. The predicted octanol–water partition coefficient (Wildman–Crippen LogP) is 7.10. The van der Waals surface area contributed by atoms with Gasteiger partial charge in [-0.25, -0.2) is 9.80 Å². The standard InChI is InChI=1S/C26H20ClN3OS/c27-22-13-11-20(12-14-22)25-23(19-9-5-2-6-10-19)16-30(29-25)26(31)28-24-15-21(17-32-24)18-7-3-1-4-8-18/h1-15,17,23H,16H2,(H,28,31). The Morgan fingerprint density at radius 2 is 1.59 bits per heavy atom. The summed E-state index contributed by atoms with van der Waals surface area (Å²) >= 11 is 7.58. The molecule has 3 aromatic carbocycles. The van der Waals surface area contributed by atoms with E-state index < -0.39 is 0 Å². The highest BCUT2D eigenvalue weighted by Gasteiger charge is 2.32. The van der Waals surface area contributed by atoms with Crippen LogP contribution in [0.3, 0.4) is 0 Å². The van der Waals surface area contributed by atoms with Crippen LogP contribution < -0.4 is 5.32 Å². The fourth-order valence-corrected chi connectivity index (χ4v) is 4.74. The second kappa shape index (κ2) is 8.99. The number of nitrogens with one attached hydrogen (secondary N) is 1. The van der Waals surface area contributed by atoms with Crippen molar-refractivity contribution in [1.29, 1.82) is 0 Å². The van der Waals surface area contributed by atoms with Crippen molar-refractivity contribution in [2.75, 3.05) is 11.9 Å². The van der Waals surface area contributed by atoms with E-state index in [-0.39, 0.29) is 11.9 Å². The Balaban J connectivity index is 1.39. The maximum absolute atomic E-state index is 13.1. The van der Waals surface area contributed by atoms with Crippen molar-refractivity contribution in [3.63, 3.8) is 0 Å². The Bertz CT molecular complexity index is 1250. The maximum Gasteiger partial charge on any atom is 0.342 e. The molecule has 2 heterocycles. The lowest BCUT2D eigenvalue weighted by Crippen LogP contribution is -2.29. The van der Waals surface area contributed by atoms with Crippen molar-refractivity contribution in [2.45, 2.75) is 5.92 Å². The minimum absolute atomic E-state index is 0.00802. The molecule has 4 aromatic rings. The van der Waals surface area contributed by atoms with E-state index in [1.54, 1.807) is 0 Å². The molecule has 1 unspecified atom stereocenters. The lowest BCUT2D eigenvalue weighted by atomic mass is 9.91. The Hall–Kier alpha value is -3.41. The Morgan fingerprint density at radius 3 is 2.31 bits per heavy atom. The van der Waals surface area contributed by atoms with Gasteiger partial charge < -0.3 is 0 Å². The summed E-state index contributed by atoms with van der Waals surface area (Å²) in [7, 11) is 0.